The molecule has 0 saturated carbocycles. The SMILES string of the molecule is CCOC(=O)c1cc(C)c(Cl)c(C#N)c1. The van der Waals surface area contributed by atoms with Gasteiger partial charge < -0.3 is 4.74 Å². The minimum absolute atomic E-state index is 0.291. The minimum atomic E-state index is -0.436. The predicted octanol–water partition coefficient (Wildman–Crippen LogP) is 2.70. The molecule has 0 heterocycles. The van der Waals surface area contributed by atoms with Crippen LogP contribution < -0.4 is 0 Å². The van der Waals surface area contributed by atoms with Crippen LogP contribution in [0.4, 0.5) is 0 Å². The molecule has 0 saturated heterocycles. The Balaban J connectivity index is 3.18. The summed E-state index contributed by atoms with van der Waals surface area (Å²) < 4.78 is 4.83. The smallest absolute Gasteiger partial charge is 0.338 e. The normalized spacial score (nSPS) is 9.47. The molecule has 1 rings (SSSR count). The molecule has 4 heteroatoms. The van der Waals surface area contributed by atoms with Crippen LogP contribution in [0.15, 0.2) is 12.1 Å². The average molecular weight is 224 g/mol. The van der Waals surface area contributed by atoms with Gasteiger partial charge >= 0.3 is 5.97 Å². The Labute approximate surface area is 93.2 Å². The van der Waals surface area contributed by atoms with Crippen LogP contribution in [0.25, 0.3) is 0 Å². The lowest BCUT2D eigenvalue weighted by Crippen LogP contribution is -2.05. The van der Waals surface area contributed by atoms with Crippen molar-refractivity contribution in [2.75, 3.05) is 6.61 Å². The number of benzene rings is 1. The Bertz CT molecular complexity index is 435. The molecule has 0 atom stereocenters. The molecule has 0 bridgehead atoms. The number of ether oxygens (including phenoxy) is 1. The summed E-state index contributed by atoms with van der Waals surface area (Å²) in [5.41, 5.74) is 1.34. The molecule has 78 valence electrons. The van der Waals surface area contributed by atoms with Crippen LogP contribution in [0.1, 0.15) is 28.4 Å². The number of carbonyl (C=O) groups excluding carboxylic acids is 1. The van der Waals surface area contributed by atoms with Crippen LogP contribution >= 0.6 is 11.6 Å². The van der Waals surface area contributed by atoms with Crippen molar-refractivity contribution >= 4 is 17.6 Å². The second-order valence-corrected chi connectivity index (χ2v) is 3.36. The van der Waals surface area contributed by atoms with Gasteiger partial charge in [-0.3, -0.25) is 0 Å². The van der Waals surface area contributed by atoms with E-state index in [0.717, 1.165) is 0 Å². The maximum atomic E-state index is 11.4. The molecule has 0 aromatic heterocycles. The lowest BCUT2D eigenvalue weighted by Gasteiger charge is -2.05. The van der Waals surface area contributed by atoms with Gasteiger partial charge in [0.25, 0.3) is 0 Å². The van der Waals surface area contributed by atoms with Gasteiger partial charge in [0.1, 0.15) is 6.07 Å². The van der Waals surface area contributed by atoms with Crippen LogP contribution in [0, 0.1) is 18.3 Å². The molecule has 0 aliphatic rings. The highest BCUT2D eigenvalue weighted by Crippen LogP contribution is 2.22. The standard InChI is InChI=1S/C11H10ClNO2/c1-3-15-11(14)8-4-7(2)10(12)9(5-8)6-13/h4-5H,3H2,1-2H3. The highest BCUT2D eigenvalue weighted by Gasteiger charge is 2.11. The molecule has 1 aromatic rings. The molecule has 0 aliphatic heterocycles. The molecule has 0 amide bonds. The minimum Gasteiger partial charge on any atom is -0.462 e. The zero-order chi connectivity index (χ0) is 11.4. The van der Waals surface area contributed by atoms with Crippen LogP contribution in [0.3, 0.4) is 0 Å². The molecule has 0 radical (unpaired) electrons. The Kier molecular flexibility index (Phi) is 3.70. The first-order valence-electron chi connectivity index (χ1n) is 4.47. The van der Waals surface area contributed by atoms with Crippen molar-refractivity contribution in [2.45, 2.75) is 13.8 Å². The predicted molar refractivity (Wildman–Crippen MR) is 56.9 cm³/mol. The van der Waals surface area contributed by atoms with Gasteiger partial charge in [-0.1, -0.05) is 11.6 Å². The largest absolute Gasteiger partial charge is 0.462 e. The van der Waals surface area contributed by atoms with Gasteiger partial charge in [0.2, 0.25) is 0 Å². The third-order valence-electron chi connectivity index (χ3n) is 1.89. The molecule has 0 unspecified atom stereocenters. The Hall–Kier alpha value is -1.53. The number of hydrogen-bond donors (Lipinski definition) is 0. The van der Waals surface area contributed by atoms with Crippen molar-refractivity contribution in [2.24, 2.45) is 0 Å². The van der Waals surface area contributed by atoms with E-state index in [1.54, 1.807) is 19.9 Å². The van der Waals surface area contributed by atoms with Crippen LogP contribution in [0.2, 0.25) is 5.02 Å². The molecular weight excluding hydrogens is 214 g/mol. The number of carbonyl (C=O) groups is 1. The summed E-state index contributed by atoms with van der Waals surface area (Å²) in [6, 6.07) is 4.98. The molecule has 0 spiro atoms. The number of nitrogens with zero attached hydrogens (tertiary/aromatic N) is 1. The Morgan fingerprint density at radius 2 is 2.27 bits per heavy atom. The Morgan fingerprint density at radius 1 is 1.60 bits per heavy atom. The highest BCUT2D eigenvalue weighted by molar-refractivity contribution is 6.32. The fraction of sp³-hybridized carbons (Fsp3) is 0.273. The lowest BCUT2D eigenvalue weighted by molar-refractivity contribution is 0.0526. The number of halogens is 1. The topological polar surface area (TPSA) is 50.1 Å². The zero-order valence-electron chi connectivity index (χ0n) is 8.50. The molecule has 0 N–H and O–H groups in total. The zero-order valence-corrected chi connectivity index (χ0v) is 9.26. The van der Waals surface area contributed by atoms with Gasteiger partial charge in [-0.05, 0) is 31.5 Å². The van der Waals surface area contributed by atoms with Gasteiger partial charge in [-0.25, -0.2) is 4.79 Å². The van der Waals surface area contributed by atoms with E-state index in [1.165, 1.54) is 6.07 Å². The van der Waals surface area contributed by atoms with Gasteiger partial charge in [0.15, 0.2) is 0 Å². The van der Waals surface area contributed by atoms with Gasteiger partial charge in [0, 0.05) is 0 Å². The van der Waals surface area contributed by atoms with E-state index in [2.05, 4.69) is 0 Å². The lowest BCUT2D eigenvalue weighted by atomic mass is 10.1. The first-order valence-corrected chi connectivity index (χ1v) is 4.85. The summed E-state index contributed by atoms with van der Waals surface area (Å²) in [5, 5.41) is 9.17. The van der Waals surface area contributed by atoms with E-state index in [0.29, 0.717) is 28.3 Å². The summed E-state index contributed by atoms with van der Waals surface area (Å²) in [5.74, 6) is -0.436. The summed E-state index contributed by atoms with van der Waals surface area (Å²) >= 11 is 5.87. The van der Waals surface area contributed by atoms with Crippen LogP contribution in [0.5, 0.6) is 0 Å². The maximum absolute atomic E-state index is 11.4. The molecule has 3 nitrogen and oxygen atoms in total. The van der Waals surface area contributed by atoms with Crippen molar-refractivity contribution in [1.82, 2.24) is 0 Å². The molecule has 0 fully saturated rings. The van der Waals surface area contributed by atoms with Gasteiger partial charge in [0.05, 0.1) is 22.8 Å². The number of aryl methyl sites for hydroxylation is 1. The van der Waals surface area contributed by atoms with Gasteiger partial charge in [-0.2, -0.15) is 5.26 Å². The fourth-order valence-corrected chi connectivity index (χ4v) is 1.33. The summed E-state index contributed by atoms with van der Waals surface area (Å²) in [6.45, 7) is 3.78. The van der Waals surface area contributed by atoms with Gasteiger partial charge in [-0.15, -0.1) is 0 Å². The van der Waals surface area contributed by atoms with E-state index in [4.69, 9.17) is 21.6 Å². The Morgan fingerprint density at radius 3 is 2.80 bits per heavy atom. The average Bonchev–Trinajstić information content (AvgIpc) is 2.22. The van der Waals surface area contributed by atoms with E-state index in [-0.39, 0.29) is 0 Å². The second-order valence-electron chi connectivity index (χ2n) is 2.99. The fourth-order valence-electron chi connectivity index (χ4n) is 1.18. The van der Waals surface area contributed by atoms with Crippen molar-refractivity contribution in [3.05, 3.63) is 33.8 Å². The number of hydrogen-bond acceptors (Lipinski definition) is 3. The second kappa shape index (κ2) is 4.81. The number of esters is 1. The van der Waals surface area contributed by atoms with E-state index in [1.807, 2.05) is 6.07 Å². The summed E-state index contributed by atoms with van der Waals surface area (Å²) in [6.07, 6.45) is 0. The molecule has 0 aliphatic carbocycles. The number of nitriles is 1. The first-order chi connectivity index (χ1) is 7.10. The third kappa shape index (κ3) is 2.48. The quantitative estimate of drug-likeness (QED) is 0.725. The third-order valence-corrected chi connectivity index (χ3v) is 2.39. The highest BCUT2D eigenvalue weighted by atomic mass is 35.5. The first kappa shape index (κ1) is 11.5. The van der Waals surface area contributed by atoms with E-state index in [9.17, 15) is 4.79 Å². The molecule has 15 heavy (non-hydrogen) atoms. The number of rotatable bonds is 2. The van der Waals surface area contributed by atoms with Crippen molar-refractivity contribution in [3.63, 3.8) is 0 Å². The van der Waals surface area contributed by atoms with Crippen molar-refractivity contribution in [1.29, 1.82) is 5.26 Å². The van der Waals surface area contributed by atoms with E-state index < -0.39 is 5.97 Å². The maximum Gasteiger partial charge on any atom is 0.338 e. The summed E-state index contributed by atoms with van der Waals surface area (Å²) in [4.78, 5) is 11.4. The van der Waals surface area contributed by atoms with Crippen molar-refractivity contribution in [3.8, 4) is 6.07 Å². The van der Waals surface area contributed by atoms with E-state index >= 15 is 0 Å². The summed E-state index contributed by atoms with van der Waals surface area (Å²) in [7, 11) is 0. The molecule has 1 aromatic carbocycles. The van der Waals surface area contributed by atoms with Crippen LogP contribution in [-0.2, 0) is 4.74 Å². The molecular formula is C11H10ClNO2. The van der Waals surface area contributed by atoms with Crippen molar-refractivity contribution < 1.29 is 9.53 Å². The monoisotopic (exact) mass is 223 g/mol. The van der Waals surface area contributed by atoms with Crippen LogP contribution in [-0.4, -0.2) is 12.6 Å².